The Kier molecular flexibility index (Phi) is 5.01. The van der Waals surface area contributed by atoms with E-state index in [9.17, 15) is 4.79 Å². The van der Waals surface area contributed by atoms with Gasteiger partial charge in [0, 0.05) is 36.6 Å². The molecule has 0 bridgehead atoms. The summed E-state index contributed by atoms with van der Waals surface area (Å²) in [5.74, 6) is 0.0440. The van der Waals surface area contributed by atoms with Crippen molar-refractivity contribution in [2.24, 2.45) is 0 Å². The number of aromatic nitrogens is 2. The molecular formula is C23H26N4O. The fourth-order valence-corrected chi connectivity index (χ4v) is 3.80. The SMILES string of the molecule is Cc1ccc(C)c(NC(=O)[C@@H](C)N2CC=C(c3ccnc4[nH]ccc34)CC2)c1. The molecule has 0 spiro atoms. The van der Waals surface area contributed by atoms with E-state index in [0.717, 1.165) is 47.4 Å². The minimum Gasteiger partial charge on any atom is -0.346 e. The van der Waals surface area contributed by atoms with Crippen molar-refractivity contribution >= 4 is 28.2 Å². The lowest BCUT2D eigenvalue weighted by atomic mass is 9.97. The average Bonchev–Trinajstić information content (AvgIpc) is 3.19. The van der Waals surface area contributed by atoms with Crippen LogP contribution < -0.4 is 5.32 Å². The van der Waals surface area contributed by atoms with Gasteiger partial charge >= 0.3 is 0 Å². The molecule has 2 N–H and O–H groups in total. The van der Waals surface area contributed by atoms with Gasteiger partial charge in [-0.05, 0) is 67.7 Å². The van der Waals surface area contributed by atoms with Crippen LogP contribution in [0.15, 0.2) is 48.8 Å². The maximum atomic E-state index is 12.8. The minimum absolute atomic E-state index is 0.0440. The number of aromatic amines is 1. The number of benzene rings is 1. The van der Waals surface area contributed by atoms with Gasteiger partial charge in [0.05, 0.1) is 6.04 Å². The second kappa shape index (κ2) is 7.60. The number of carbonyl (C=O) groups is 1. The van der Waals surface area contributed by atoms with Gasteiger partial charge in [-0.3, -0.25) is 9.69 Å². The molecule has 2 aromatic heterocycles. The van der Waals surface area contributed by atoms with Crippen molar-refractivity contribution in [3.63, 3.8) is 0 Å². The molecule has 0 unspecified atom stereocenters. The van der Waals surface area contributed by atoms with Crippen LogP contribution in [0.1, 0.15) is 30.0 Å². The van der Waals surface area contributed by atoms with Gasteiger partial charge in [0.2, 0.25) is 5.91 Å². The van der Waals surface area contributed by atoms with Crippen LogP contribution in [0.2, 0.25) is 0 Å². The minimum atomic E-state index is -0.178. The fraction of sp³-hybridized carbons (Fsp3) is 0.304. The first-order valence-electron chi connectivity index (χ1n) is 9.76. The predicted molar refractivity (Wildman–Crippen MR) is 114 cm³/mol. The number of pyridine rings is 1. The van der Waals surface area contributed by atoms with E-state index in [-0.39, 0.29) is 11.9 Å². The van der Waals surface area contributed by atoms with E-state index in [2.05, 4.69) is 44.5 Å². The summed E-state index contributed by atoms with van der Waals surface area (Å²) in [6.45, 7) is 7.67. The van der Waals surface area contributed by atoms with E-state index in [4.69, 9.17) is 0 Å². The molecule has 1 amide bonds. The highest BCUT2D eigenvalue weighted by atomic mass is 16.2. The summed E-state index contributed by atoms with van der Waals surface area (Å²) in [6.07, 6.45) is 6.94. The zero-order valence-corrected chi connectivity index (χ0v) is 16.6. The van der Waals surface area contributed by atoms with Gasteiger partial charge in [0.1, 0.15) is 5.65 Å². The van der Waals surface area contributed by atoms with Crippen molar-refractivity contribution in [2.45, 2.75) is 33.2 Å². The van der Waals surface area contributed by atoms with Gasteiger partial charge in [0.15, 0.2) is 0 Å². The Balaban J connectivity index is 1.46. The molecule has 1 aliphatic heterocycles. The monoisotopic (exact) mass is 374 g/mol. The summed E-state index contributed by atoms with van der Waals surface area (Å²) in [6, 6.07) is 10.1. The first kappa shape index (κ1) is 18.4. The Hall–Kier alpha value is -2.92. The first-order chi connectivity index (χ1) is 13.5. The lowest BCUT2D eigenvalue weighted by Crippen LogP contribution is -2.44. The topological polar surface area (TPSA) is 61.0 Å². The van der Waals surface area contributed by atoms with Crippen LogP contribution in [0.3, 0.4) is 0 Å². The van der Waals surface area contributed by atoms with E-state index in [1.807, 2.05) is 45.3 Å². The third kappa shape index (κ3) is 3.58. The van der Waals surface area contributed by atoms with Crippen molar-refractivity contribution in [3.05, 3.63) is 65.5 Å². The van der Waals surface area contributed by atoms with Crippen LogP contribution in [-0.4, -0.2) is 39.9 Å². The van der Waals surface area contributed by atoms with Crippen LogP contribution in [0.4, 0.5) is 5.69 Å². The van der Waals surface area contributed by atoms with E-state index >= 15 is 0 Å². The number of amides is 1. The number of anilines is 1. The zero-order chi connectivity index (χ0) is 19.7. The summed E-state index contributed by atoms with van der Waals surface area (Å²) in [4.78, 5) is 22.5. The maximum absolute atomic E-state index is 12.8. The molecule has 0 saturated carbocycles. The summed E-state index contributed by atoms with van der Waals surface area (Å²) in [7, 11) is 0. The summed E-state index contributed by atoms with van der Waals surface area (Å²) in [5, 5.41) is 4.25. The second-order valence-corrected chi connectivity index (χ2v) is 7.56. The highest BCUT2D eigenvalue weighted by molar-refractivity contribution is 5.95. The molecule has 1 aliphatic rings. The van der Waals surface area contributed by atoms with E-state index in [0.29, 0.717) is 0 Å². The highest BCUT2D eigenvalue weighted by Gasteiger charge is 2.24. The third-order valence-electron chi connectivity index (χ3n) is 5.62. The average molecular weight is 374 g/mol. The molecule has 28 heavy (non-hydrogen) atoms. The van der Waals surface area contributed by atoms with Crippen molar-refractivity contribution in [1.29, 1.82) is 0 Å². The van der Waals surface area contributed by atoms with E-state index in [1.165, 1.54) is 11.1 Å². The molecule has 5 heteroatoms. The van der Waals surface area contributed by atoms with Gasteiger partial charge in [0.25, 0.3) is 0 Å². The quantitative estimate of drug-likeness (QED) is 0.716. The number of hydrogen-bond acceptors (Lipinski definition) is 3. The molecule has 1 aromatic carbocycles. The maximum Gasteiger partial charge on any atom is 0.241 e. The van der Waals surface area contributed by atoms with Gasteiger partial charge in [-0.2, -0.15) is 0 Å². The Morgan fingerprint density at radius 3 is 2.89 bits per heavy atom. The van der Waals surface area contributed by atoms with Crippen molar-refractivity contribution in [3.8, 4) is 0 Å². The van der Waals surface area contributed by atoms with Crippen LogP contribution in [-0.2, 0) is 4.79 Å². The van der Waals surface area contributed by atoms with Gasteiger partial charge in [-0.25, -0.2) is 4.98 Å². The molecule has 3 aromatic rings. The van der Waals surface area contributed by atoms with E-state index in [1.54, 1.807) is 0 Å². The van der Waals surface area contributed by atoms with Crippen molar-refractivity contribution in [1.82, 2.24) is 14.9 Å². The van der Waals surface area contributed by atoms with Crippen molar-refractivity contribution in [2.75, 3.05) is 18.4 Å². The van der Waals surface area contributed by atoms with Crippen LogP contribution >= 0.6 is 0 Å². The molecule has 5 nitrogen and oxygen atoms in total. The Bertz CT molecular complexity index is 1050. The molecule has 0 radical (unpaired) electrons. The molecular weight excluding hydrogens is 348 g/mol. The lowest BCUT2D eigenvalue weighted by molar-refractivity contribution is -0.120. The Labute approximate surface area is 165 Å². The molecule has 0 saturated heterocycles. The number of fused-ring (bicyclic) bond motifs is 1. The number of H-pyrrole nitrogens is 1. The third-order valence-corrected chi connectivity index (χ3v) is 5.62. The fourth-order valence-electron chi connectivity index (χ4n) is 3.80. The molecule has 144 valence electrons. The normalized spacial score (nSPS) is 16.0. The summed E-state index contributed by atoms with van der Waals surface area (Å²) >= 11 is 0. The smallest absolute Gasteiger partial charge is 0.241 e. The number of nitrogens with one attached hydrogen (secondary N) is 2. The van der Waals surface area contributed by atoms with Gasteiger partial charge < -0.3 is 10.3 Å². The van der Waals surface area contributed by atoms with Crippen molar-refractivity contribution < 1.29 is 4.79 Å². The zero-order valence-electron chi connectivity index (χ0n) is 16.6. The standard InChI is InChI=1S/C23H26N4O/c1-15-4-5-16(2)21(14-15)26-23(28)17(3)27-12-8-18(9-13-27)19-6-10-24-22-20(19)7-11-25-22/h4-8,10-11,14,17H,9,12-13H2,1-3H3,(H,24,25)(H,26,28)/t17-/m1/s1. The highest BCUT2D eigenvalue weighted by Crippen LogP contribution is 2.28. The van der Waals surface area contributed by atoms with Crippen LogP contribution in [0.25, 0.3) is 16.6 Å². The number of hydrogen-bond donors (Lipinski definition) is 2. The lowest BCUT2D eigenvalue weighted by Gasteiger charge is -2.31. The number of aryl methyl sites for hydroxylation is 2. The Morgan fingerprint density at radius 2 is 2.11 bits per heavy atom. The number of carbonyl (C=O) groups excluding carboxylic acids is 1. The van der Waals surface area contributed by atoms with Gasteiger partial charge in [-0.15, -0.1) is 0 Å². The number of nitrogens with zero attached hydrogens (tertiary/aromatic N) is 2. The summed E-state index contributed by atoms with van der Waals surface area (Å²) in [5.41, 5.74) is 6.61. The molecule has 4 rings (SSSR count). The first-order valence-corrected chi connectivity index (χ1v) is 9.76. The van der Waals surface area contributed by atoms with E-state index < -0.39 is 0 Å². The summed E-state index contributed by atoms with van der Waals surface area (Å²) < 4.78 is 0. The number of rotatable bonds is 4. The Morgan fingerprint density at radius 1 is 1.25 bits per heavy atom. The second-order valence-electron chi connectivity index (χ2n) is 7.56. The largest absolute Gasteiger partial charge is 0.346 e. The predicted octanol–water partition coefficient (Wildman–Crippen LogP) is 4.30. The molecule has 0 fully saturated rings. The van der Waals surface area contributed by atoms with Gasteiger partial charge in [-0.1, -0.05) is 18.2 Å². The molecule has 3 heterocycles. The molecule has 0 aliphatic carbocycles. The van der Waals surface area contributed by atoms with Crippen LogP contribution in [0.5, 0.6) is 0 Å². The molecule has 1 atom stereocenters. The van der Waals surface area contributed by atoms with Crippen LogP contribution in [0, 0.1) is 13.8 Å².